The monoisotopic (exact) mass is 87.1 g/mol. The van der Waals surface area contributed by atoms with Crippen molar-refractivity contribution in [3.05, 3.63) is 11.8 Å². The van der Waals surface area contributed by atoms with Crippen molar-refractivity contribution in [1.29, 1.82) is 0 Å². The van der Waals surface area contributed by atoms with E-state index >= 15 is 0 Å². The van der Waals surface area contributed by atoms with Gasteiger partial charge in [0.05, 0.1) is 0 Å². The first-order chi connectivity index (χ1) is 2.81. The maximum atomic E-state index is 4.71. The maximum Gasteiger partial charge on any atom is 0.116 e. The Balaban J connectivity index is 3.22. The average Bonchev–Trinajstić information content (AvgIpc) is 1.65. The van der Waals surface area contributed by atoms with Crippen molar-refractivity contribution in [3.8, 4) is 0 Å². The third-order valence-electron chi connectivity index (χ3n) is 0.592. The molecular weight excluding hydrogens is 78.0 g/mol. The van der Waals surface area contributed by atoms with Crippen molar-refractivity contribution in [3.63, 3.8) is 0 Å². The van der Waals surface area contributed by atoms with Crippen LogP contribution in [0.25, 0.3) is 0 Å². The fourth-order valence-corrected chi connectivity index (χ4v) is 0.0680. The second kappa shape index (κ2) is 2.72. The molecule has 2 heteroatoms. The smallest absolute Gasteiger partial charge is 0.116 e. The lowest BCUT2D eigenvalue weighted by molar-refractivity contribution is 0.222. The second-order valence-corrected chi connectivity index (χ2v) is 1.02. The SMILES string of the molecule is C/C=C(\C)ON. The zero-order valence-corrected chi connectivity index (χ0v) is 4.06. The molecule has 0 aliphatic rings. The van der Waals surface area contributed by atoms with E-state index in [1.54, 1.807) is 13.0 Å². The van der Waals surface area contributed by atoms with Gasteiger partial charge in [0, 0.05) is 0 Å². The molecule has 0 aromatic carbocycles. The van der Waals surface area contributed by atoms with Crippen LogP contribution < -0.4 is 5.90 Å². The Bertz CT molecular complexity index is 58.6. The van der Waals surface area contributed by atoms with Crippen LogP contribution in [0.3, 0.4) is 0 Å². The Morgan fingerprint density at radius 2 is 2.33 bits per heavy atom. The molecule has 0 aliphatic heterocycles. The third-order valence-corrected chi connectivity index (χ3v) is 0.592. The predicted molar refractivity (Wildman–Crippen MR) is 24.7 cm³/mol. The summed E-state index contributed by atoms with van der Waals surface area (Å²) < 4.78 is 0. The third kappa shape index (κ3) is 1.79. The average molecular weight is 87.1 g/mol. The summed E-state index contributed by atoms with van der Waals surface area (Å²) in [5, 5.41) is 0. The molecule has 0 rings (SSSR count). The number of hydrogen-bond acceptors (Lipinski definition) is 2. The maximum absolute atomic E-state index is 4.71. The standard InChI is InChI=1S/C4H9NO/c1-3-4(2)6-5/h3H,5H2,1-2H3/b4-3+. The molecule has 0 saturated heterocycles. The molecule has 0 fully saturated rings. The zero-order valence-electron chi connectivity index (χ0n) is 4.06. The Labute approximate surface area is 37.6 Å². The highest BCUT2D eigenvalue weighted by molar-refractivity contribution is 4.82. The quantitative estimate of drug-likeness (QED) is 0.379. The van der Waals surface area contributed by atoms with Crippen molar-refractivity contribution in [1.82, 2.24) is 0 Å². The molecule has 0 aliphatic carbocycles. The minimum atomic E-state index is 0.745. The fourth-order valence-electron chi connectivity index (χ4n) is 0.0680. The van der Waals surface area contributed by atoms with E-state index in [2.05, 4.69) is 4.84 Å². The van der Waals surface area contributed by atoms with E-state index in [1.807, 2.05) is 6.92 Å². The summed E-state index contributed by atoms with van der Waals surface area (Å²) >= 11 is 0. The molecule has 0 unspecified atom stereocenters. The second-order valence-electron chi connectivity index (χ2n) is 1.02. The molecule has 0 aromatic heterocycles. The van der Waals surface area contributed by atoms with Gasteiger partial charge in [0.2, 0.25) is 0 Å². The molecule has 0 amide bonds. The van der Waals surface area contributed by atoms with Gasteiger partial charge < -0.3 is 4.84 Å². The normalized spacial score (nSPS) is 11.5. The lowest BCUT2D eigenvalue weighted by atomic mass is 10.5. The summed E-state index contributed by atoms with van der Waals surface area (Å²) in [6.07, 6.45) is 1.79. The van der Waals surface area contributed by atoms with Crippen LogP contribution in [0, 0.1) is 0 Å². The van der Waals surface area contributed by atoms with Crippen LogP contribution in [-0.4, -0.2) is 0 Å². The Morgan fingerprint density at radius 1 is 1.83 bits per heavy atom. The fraction of sp³-hybridized carbons (Fsp3) is 0.500. The summed E-state index contributed by atoms with van der Waals surface area (Å²) in [6, 6.07) is 0. The molecule has 0 bridgehead atoms. The molecule has 0 heterocycles. The van der Waals surface area contributed by atoms with Gasteiger partial charge in [-0.2, -0.15) is 5.90 Å². The molecule has 0 atom stereocenters. The lowest BCUT2D eigenvalue weighted by Gasteiger charge is -1.90. The molecular formula is C4H9NO. The summed E-state index contributed by atoms with van der Waals surface area (Å²) in [7, 11) is 0. The number of hydrogen-bond donors (Lipinski definition) is 1. The number of rotatable bonds is 1. The van der Waals surface area contributed by atoms with Crippen molar-refractivity contribution < 1.29 is 4.84 Å². The highest BCUT2D eigenvalue weighted by atomic mass is 16.6. The molecule has 36 valence electrons. The zero-order chi connectivity index (χ0) is 4.99. The summed E-state index contributed by atoms with van der Waals surface area (Å²) in [5.74, 6) is 5.46. The van der Waals surface area contributed by atoms with E-state index in [4.69, 9.17) is 5.90 Å². The Hall–Kier alpha value is -0.500. The molecule has 0 saturated carbocycles. The highest BCUT2D eigenvalue weighted by Crippen LogP contribution is 1.84. The molecule has 2 nitrogen and oxygen atoms in total. The first kappa shape index (κ1) is 5.50. The van der Waals surface area contributed by atoms with Crippen molar-refractivity contribution >= 4 is 0 Å². The van der Waals surface area contributed by atoms with Crippen LogP contribution in [0.5, 0.6) is 0 Å². The van der Waals surface area contributed by atoms with E-state index < -0.39 is 0 Å². The van der Waals surface area contributed by atoms with Gasteiger partial charge >= 0.3 is 0 Å². The number of nitrogens with two attached hydrogens (primary N) is 1. The van der Waals surface area contributed by atoms with E-state index in [1.165, 1.54) is 0 Å². The predicted octanol–water partition coefficient (Wildman–Crippen LogP) is 0.800. The minimum absolute atomic E-state index is 0.745. The van der Waals surface area contributed by atoms with Gasteiger partial charge in [-0.25, -0.2) is 0 Å². The largest absolute Gasteiger partial charge is 0.417 e. The topological polar surface area (TPSA) is 35.2 Å². The highest BCUT2D eigenvalue weighted by Gasteiger charge is 1.73. The minimum Gasteiger partial charge on any atom is -0.417 e. The first-order valence-corrected chi connectivity index (χ1v) is 1.81. The van der Waals surface area contributed by atoms with Gasteiger partial charge in [0.25, 0.3) is 0 Å². The van der Waals surface area contributed by atoms with Gasteiger partial charge in [-0.05, 0) is 19.9 Å². The van der Waals surface area contributed by atoms with Crippen molar-refractivity contribution in [2.45, 2.75) is 13.8 Å². The number of allylic oxidation sites excluding steroid dienone is 2. The van der Waals surface area contributed by atoms with Crippen molar-refractivity contribution in [2.24, 2.45) is 5.90 Å². The van der Waals surface area contributed by atoms with Crippen LogP contribution in [-0.2, 0) is 4.84 Å². The lowest BCUT2D eigenvalue weighted by Crippen LogP contribution is -1.93. The van der Waals surface area contributed by atoms with Crippen LogP contribution in [0.1, 0.15) is 13.8 Å². The van der Waals surface area contributed by atoms with Crippen LogP contribution in [0.4, 0.5) is 0 Å². The first-order valence-electron chi connectivity index (χ1n) is 1.81. The van der Waals surface area contributed by atoms with Crippen LogP contribution >= 0.6 is 0 Å². The Morgan fingerprint density at radius 3 is 2.33 bits per heavy atom. The summed E-state index contributed by atoms with van der Waals surface area (Å²) in [6.45, 7) is 3.65. The molecule has 0 aromatic rings. The van der Waals surface area contributed by atoms with Crippen LogP contribution in [0.15, 0.2) is 11.8 Å². The van der Waals surface area contributed by atoms with Gasteiger partial charge in [-0.1, -0.05) is 0 Å². The molecule has 6 heavy (non-hydrogen) atoms. The van der Waals surface area contributed by atoms with Gasteiger partial charge in [-0.3, -0.25) is 0 Å². The van der Waals surface area contributed by atoms with E-state index in [0.29, 0.717) is 0 Å². The van der Waals surface area contributed by atoms with Gasteiger partial charge in [0.15, 0.2) is 0 Å². The van der Waals surface area contributed by atoms with E-state index in [-0.39, 0.29) is 0 Å². The Kier molecular flexibility index (Phi) is 2.50. The van der Waals surface area contributed by atoms with E-state index in [9.17, 15) is 0 Å². The molecule has 0 spiro atoms. The van der Waals surface area contributed by atoms with Crippen molar-refractivity contribution in [2.75, 3.05) is 0 Å². The summed E-state index contributed by atoms with van der Waals surface area (Å²) in [5.41, 5.74) is 0. The molecule has 0 radical (unpaired) electrons. The summed E-state index contributed by atoms with van der Waals surface area (Å²) in [4.78, 5) is 4.26. The van der Waals surface area contributed by atoms with Gasteiger partial charge in [-0.15, -0.1) is 0 Å². The van der Waals surface area contributed by atoms with Crippen LogP contribution in [0.2, 0.25) is 0 Å². The van der Waals surface area contributed by atoms with Gasteiger partial charge in [0.1, 0.15) is 5.76 Å². The van der Waals surface area contributed by atoms with E-state index in [0.717, 1.165) is 5.76 Å². The molecule has 2 N–H and O–H groups in total.